The third-order valence-electron chi connectivity index (χ3n) is 5.62. The van der Waals surface area contributed by atoms with Gasteiger partial charge >= 0.3 is 0 Å². The zero-order valence-electron chi connectivity index (χ0n) is 19.7. The lowest BCUT2D eigenvalue weighted by atomic mass is 10.1. The lowest BCUT2D eigenvalue weighted by Crippen LogP contribution is -2.40. The Balaban J connectivity index is 0.00000363. The molecule has 1 aromatic carbocycles. The van der Waals surface area contributed by atoms with Crippen molar-refractivity contribution in [3.8, 4) is 0 Å². The van der Waals surface area contributed by atoms with E-state index < -0.39 is 0 Å². The Morgan fingerprint density at radius 2 is 2.12 bits per heavy atom. The van der Waals surface area contributed by atoms with Crippen LogP contribution in [0.15, 0.2) is 29.3 Å². The number of nitrogens with one attached hydrogen (secondary N) is 2. The number of aliphatic imine (C=N–C) groups is 1. The van der Waals surface area contributed by atoms with Crippen molar-refractivity contribution in [2.75, 3.05) is 59.2 Å². The van der Waals surface area contributed by atoms with Crippen LogP contribution in [0.3, 0.4) is 0 Å². The van der Waals surface area contributed by atoms with Crippen molar-refractivity contribution in [2.45, 2.75) is 45.9 Å². The molecule has 2 N–H and O–H groups in total. The standard InChI is InChI=1S/C24H40N4O3.HI/c1-3-25-24(26-9-5-11-29-18-23-8-12-30-19-23)27-15-21-6-4-7-22(14-21)17-28-10-13-31-20(2)16-28;/h4,6-7,14,20,23H,3,5,8-13,15-19H2,1-2H3,(H2,25,26,27);1H. The number of ether oxygens (including phenoxy) is 3. The molecule has 0 radical (unpaired) electrons. The van der Waals surface area contributed by atoms with Gasteiger partial charge in [0.05, 0.1) is 32.5 Å². The molecule has 0 amide bonds. The van der Waals surface area contributed by atoms with Gasteiger partial charge in [-0.05, 0) is 37.8 Å². The fourth-order valence-electron chi connectivity index (χ4n) is 3.98. The lowest BCUT2D eigenvalue weighted by Gasteiger charge is -2.31. The molecular formula is C24H41IN4O3. The third kappa shape index (κ3) is 10.3. The first-order chi connectivity index (χ1) is 15.2. The van der Waals surface area contributed by atoms with E-state index in [-0.39, 0.29) is 24.0 Å². The minimum absolute atomic E-state index is 0. The zero-order chi connectivity index (χ0) is 21.7. The molecule has 0 bridgehead atoms. The van der Waals surface area contributed by atoms with E-state index in [4.69, 9.17) is 19.2 Å². The van der Waals surface area contributed by atoms with Crippen LogP contribution in [0, 0.1) is 5.92 Å². The maximum absolute atomic E-state index is 5.78. The largest absolute Gasteiger partial charge is 0.381 e. The number of hydrogen-bond donors (Lipinski definition) is 2. The van der Waals surface area contributed by atoms with E-state index in [0.717, 1.165) is 84.6 Å². The topological polar surface area (TPSA) is 67.4 Å². The van der Waals surface area contributed by atoms with Crippen LogP contribution in [-0.4, -0.2) is 76.2 Å². The molecule has 7 nitrogen and oxygen atoms in total. The number of nitrogens with zero attached hydrogens (tertiary/aromatic N) is 2. The summed E-state index contributed by atoms with van der Waals surface area (Å²) in [5.41, 5.74) is 2.57. The lowest BCUT2D eigenvalue weighted by molar-refractivity contribution is -0.0212. The first-order valence-corrected chi connectivity index (χ1v) is 11.8. The van der Waals surface area contributed by atoms with E-state index >= 15 is 0 Å². The van der Waals surface area contributed by atoms with E-state index in [9.17, 15) is 0 Å². The summed E-state index contributed by atoms with van der Waals surface area (Å²) in [4.78, 5) is 7.23. The second-order valence-electron chi connectivity index (χ2n) is 8.52. The van der Waals surface area contributed by atoms with Gasteiger partial charge in [-0.15, -0.1) is 24.0 Å². The number of rotatable bonds is 11. The summed E-state index contributed by atoms with van der Waals surface area (Å²) in [5, 5.41) is 6.75. The molecule has 2 aliphatic heterocycles. The van der Waals surface area contributed by atoms with E-state index in [0.29, 0.717) is 18.6 Å². The van der Waals surface area contributed by atoms with Gasteiger partial charge in [0.2, 0.25) is 0 Å². The predicted molar refractivity (Wildman–Crippen MR) is 140 cm³/mol. The second-order valence-corrected chi connectivity index (χ2v) is 8.52. The van der Waals surface area contributed by atoms with Crippen LogP contribution < -0.4 is 10.6 Å². The van der Waals surface area contributed by atoms with E-state index in [1.807, 2.05) is 0 Å². The molecule has 2 heterocycles. The molecule has 2 atom stereocenters. The smallest absolute Gasteiger partial charge is 0.191 e. The van der Waals surface area contributed by atoms with Crippen molar-refractivity contribution in [3.63, 3.8) is 0 Å². The van der Waals surface area contributed by atoms with Crippen LogP contribution in [0.1, 0.15) is 37.8 Å². The summed E-state index contributed by atoms with van der Waals surface area (Å²) in [6.45, 7) is 13.7. The van der Waals surface area contributed by atoms with Crippen LogP contribution in [0.25, 0.3) is 0 Å². The molecule has 32 heavy (non-hydrogen) atoms. The van der Waals surface area contributed by atoms with Gasteiger partial charge in [-0.2, -0.15) is 0 Å². The van der Waals surface area contributed by atoms with Gasteiger partial charge in [0.25, 0.3) is 0 Å². The summed E-state index contributed by atoms with van der Waals surface area (Å²) in [7, 11) is 0. The molecule has 182 valence electrons. The van der Waals surface area contributed by atoms with Gasteiger partial charge in [0.1, 0.15) is 0 Å². The molecule has 0 spiro atoms. The van der Waals surface area contributed by atoms with Crippen molar-refractivity contribution in [2.24, 2.45) is 10.9 Å². The van der Waals surface area contributed by atoms with E-state index in [2.05, 4.69) is 53.6 Å². The molecule has 0 aliphatic carbocycles. The number of halogens is 1. The highest BCUT2D eigenvalue weighted by Gasteiger charge is 2.17. The summed E-state index contributed by atoms with van der Waals surface area (Å²) in [6.07, 6.45) is 2.41. The maximum atomic E-state index is 5.78. The van der Waals surface area contributed by atoms with Crippen LogP contribution in [0.5, 0.6) is 0 Å². The molecule has 2 aliphatic rings. The van der Waals surface area contributed by atoms with Gasteiger partial charge in [-0.3, -0.25) is 4.90 Å². The molecule has 2 fully saturated rings. The van der Waals surface area contributed by atoms with Gasteiger partial charge in [0.15, 0.2) is 5.96 Å². The molecule has 0 saturated carbocycles. The Hall–Kier alpha value is -0.940. The molecule has 2 unspecified atom stereocenters. The summed E-state index contributed by atoms with van der Waals surface area (Å²) in [6, 6.07) is 8.76. The van der Waals surface area contributed by atoms with E-state index in [1.165, 1.54) is 11.1 Å². The normalized spacial score (nSPS) is 21.9. The Morgan fingerprint density at radius 3 is 2.91 bits per heavy atom. The molecule has 1 aromatic rings. The van der Waals surface area contributed by atoms with Gasteiger partial charge in [-0.25, -0.2) is 4.99 Å². The molecule has 2 saturated heterocycles. The molecule has 3 rings (SSSR count). The van der Waals surface area contributed by atoms with Crippen molar-refractivity contribution in [1.82, 2.24) is 15.5 Å². The molecule has 0 aromatic heterocycles. The van der Waals surface area contributed by atoms with Gasteiger partial charge in [-0.1, -0.05) is 24.3 Å². The Labute approximate surface area is 210 Å². The predicted octanol–water partition coefficient (Wildman–Crippen LogP) is 3.02. The Morgan fingerprint density at radius 1 is 1.25 bits per heavy atom. The van der Waals surface area contributed by atoms with E-state index in [1.54, 1.807) is 0 Å². The number of morpholine rings is 1. The SMILES string of the molecule is CCNC(=NCc1cccc(CN2CCOC(C)C2)c1)NCCCOCC1CCOC1.I. The average molecular weight is 561 g/mol. The van der Waals surface area contributed by atoms with Crippen LogP contribution in [-0.2, 0) is 27.3 Å². The maximum Gasteiger partial charge on any atom is 0.191 e. The monoisotopic (exact) mass is 560 g/mol. The Kier molecular flexibility index (Phi) is 13.5. The van der Waals surface area contributed by atoms with Crippen LogP contribution in [0.2, 0.25) is 0 Å². The molecular weight excluding hydrogens is 519 g/mol. The number of hydrogen-bond acceptors (Lipinski definition) is 5. The van der Waals surface area contributed by atoms with Crippen molar-refractivity contribution in [3.05, 3.63) is 35.4 Å². The van der Waals surface area contributed by atoms with Crippen LogP contribution >= 0.6 is 24.0 Å². The Bertz CT molecular complexity index is 670. The number of benzene rings is 1. The summed E-state index contributed by atoms with van der Waals surface area (Å²) < 4.78 is 16.8. The summed E-state index contributed by atoms with van der Waals surface area (Å²) >= 11 is 0. The second kappa shape index (κ2) is 15.8. The summed E-state index contributed by atoms with van der Waals surface area (Å²) in [5.74, 6) is 1.44. The zero-order valence-corrected chi connectivity index (χ0v) is 22.0. The molecule has 8 heteroatoms. The van der Waals surface area contributed by atoms with Gasteiger partial charge < -0.3 is 24.8 Å². The first kappa shape index (κ1) is 27.3. The third-order valence-corrected chi connectivity index (χ3v) is 5.62. The average Bonchev–Trinajstić information content (AvgIpc) is 3.28. The number of guanidine groups is 1. The fraction of sp³-hybridized carbons (Fsp3) is 0.708. The highest BCUT2D eigenvalue weighted by atomic mass is 127. The quantitative estimate of drug-likeness (QED) is 0.188. The highest BCUT2D eigenvalue weighted by Crippen LogP contribution is 2.13. The van der Waals surface area contributed by atoms with Crippen molar-refractivity contribution in [1.29, 1.82) is 0 Å². The highest BCUT2D eigenvalue weighted by molar-refractivity contribution is 14.0. The van der Waals surface area contributed by atoms with Crippen molar-refractivity contribution >= 4 is 29.9 Å². The minimum Gasteiger partial charge on any atom is -0.381 e. The first-order valence-electron chi connectivity index (χ1n) is 11.8. The van der Waals surface area contributed by atoms with Crippen LogP contribution in [0.4, 0.5) is 0 Å². The fourth-order valence-corrected chi connectivity index (χ4v) is 3.98. The van der Waals surface area contributed by atoms with Crippen molar-refractivity contribution < 1.29 is 14.2 Å². The van der Waals surface area contributed by atoms with Gasteiger partial charge in [0, 0.05) is 51.9 Å². The minimum atomic E-state index is 0.